The maximum atomic E-state index is 12.3. The Hall–Kier alpha value is -1.40. The van der Waals surface area contributed by atoms with Gasteiger partial charge in [0, 0.05) is 18.8 Å². The maximum Gasteiger partial charge on any atom is 0.314 e. The second kappa shape index (κ2) is 5.42. The summed E-state index contributed by atoms with van der Waals surface area (Å²) in [6.07, 6.45) is 0. The van der Waals surface area contributed by atoms with Crippen molar-refractivity contribution in [3.8, 4) is 0 Å². The molecule has 2 rings (SSSR count). The third kappa shape index (κ3) is 2.46. The smallest absolute Gasteiger partial charge is 0.314 e. The highest BCUT2D eigenvalue weighted by atomic mass is 32.2. The summed E-state index contributed by atoms with van der Waals surface area (Å²) in [5.74, 6) is -1.74. The van der Waals surface area contributed by atoms with Gasteiger partial charge < -0.3 is 9.84 Å². The zero-order chi connectivity index (χ0) is 15.8. The quantitative estimate of drug-likeness (QED) is 0.863. The molecule has 0 spiro atoms. The van der Waals surface area contributed by atoms with Gasteiger partial charge in [0.05, 0.1) is 11.9 Å². The van der Waals surface area contributed by atoms with Crippen LogP contribution in [-0.4, -0.2) is 44.2 Å². The fraction of sp³-hybridized carbons (Fsp3) is 0.533. The highest BCUT2D eigenvalue weighted by Gasteiger charge is 2.75. The van der Waals surface area contributed by atoms with E-state index >= 15 is 0 Å². The van der Waals surface area contributed by atoms with E-state index in [0.29, 0.717) is 0 Å². The van der Waals surface area contributed by atoms with Crippen molar-refractivity contribution < 1.29 is 23.1 Å². The summed E-state index contributed by atoms with van der Waals surface area (Å²) < 4.78 is 29.6. The van der Waals surface area contributed by atoms with Gasteiger partial charge in [0.25, 0.3) is 0 Å². The van der Waals surface area contributed by atoms with Crippen LogP contribution in [0.25, 0.3) is 0 Å². The van der Waals surface area contributed by atoms with Crippen LogP contribution < -0.4 is 0 Å². The number of ether oxygens (including phenoxy) is 1. The minimum Gasteiger partial charge on any atom is -0.481 e. The Labute approximate surface area is 124 Å². The number of hydrogen-bond acceptors (Lipinski definition) is 4. The Kier molecular flexibility index (Phi) is 4.13. The lowest BCUT2D eigenvalue weighted by Gasteiger charge is -2.11. The molecule has 0 heterocycles. The number of carbonyl (C=O) groups is 1. The molecular formula is C15H20O5S. The van der Waals surface area contributed by atoms with Crippen molar-refractivity contribution in [2.45, 2.75) is 25.0 Å². The molecule has 0 radical (unpaired) electrons. The van der Waals surface area contributed by atoms with Gasteiger partial charge in [-0.05, 0) is 12.5 Å². The Balaban J connectivity index is 2.51. The third-order valence-electron chi connectivity index (χ3n) is 4.26. The Morgan fingerprint density at radius 3 is 2.33 bits per heavy atom. The molecule has 3 atom stereocenters. The molecule has 1 fully saturated rings. The van der Waals surface area contributed by atoms with Crippen LogP contribution in [0.5, 0.6) is 0 Å². The molecule has 0 amide bonds. The van der Waals surface area contributed by atoms with Gasteiger partial charge in [0.1, 0.15) is 5.41 Å². The maximum absolute atomic E-state index is 12.3. The number of hydrogen-bond donors (Lipinski definition) is 1. The highest BCUT2D eigenvalue weighted by Crippen LogP contribution is 2.63. The number of benzene rings is 1. The van der Waals surface area contributed by atoms with Gasteiger partial charge in [-0.3, -0.25) is 4.79 Å². The molecule has 1 aliphatic carbocycles. The van der Waals surface area contributed by atoms with Gasteiger partial charge in [-0.15, -0.1) is 0 Å². The van der Waals surface area contributed by atoms with Crippen LogP contribution in [0, 0.1) is 12.3 Å². The molecule has 5 nitrogen and oxygen atoms in total. The molecule has 0 saturated heterocycles. The summed E-state index contributed by atoms with van der Waals surface area (Å²) in [5.41, 5.74) is 0.405. The van der Waals surface area contributed by atoms with E-state index in [1.807, 2.05) is 19.1 Å². The molecule has 0 unspecified atom stereocenters. The average molecular weight is 312 g/mol. The molecular weight excluding hydrogens is 292 g/mol. The van der Waals surface area contributed by atoms with Crippen molar-refractivity contribution in [3.05, 3.63) is 35.4 Å². The van der Waals surface area contributed by atoms with Crippen LogP contribution >= 0.6 is 0 Å². The molecule has 1 N–H and O–H groups in total. The Morgan fingerprint density at radius 2 is 1.90 bits per heavy atom. The summed E-state index contributed by atoms with van der Waals surface area (Å²) in [4.78, 5) is 11.8. The van der Waals surface area contributed by atoms with E-state index in [1.54, 1.807) is 19.1 Å². The number of rotatable bonds is 6. The first kappa shape index (κ1) is 16.0. The zero-order valence-electron chi connectivity index (χ0n) is 12.4. The molecule has 1 aromatic rings. The first-order valence-electron chi connectivity index (χ1n) is 6.81. The van der Waals surface area contributed by atoms with Gasteiger partial charge in [-0.25, -0.2) is 8.42 Å². The Morgan fingerprint density at radius 1 is 1.33 bits per heavy atom. The lowest BCUT2D eigenvalue weighted by atomic mass is 9.99. The lowest BCUT2D eigenvalue weighted by Crippen LogP contribution is -2.29. The number of methoxy groups -OCH3 is 1. The lowest BCUT2D eigenvalue weighted by molar-refractivity contribution is -0.145. The molecule has 1 aliphatic rings. The molecule has 6 heteroatoms. The normalized spacial score (nSPS) is 28.3. The molecule has 21 heavy (non-hydrogen) atoms. The number of carboxylic acids is 1. The summed E-state index contributed by atoms with van der Waals surface area (Å²) in [5, 5.41) is 8.68. The van der Waals surface area contributed by atoms with Crippen molar-refractivity contribution >= 4 is 15.8 Å². The molecule has 1 saturated carbocycles. The average Bonchev–Trinajstić information content (AvgIpc) is 3.11. The van der Waals surface area contributed by atoms with Crippen molar-refractivity contribution in [1.29, 1.82) is 0 Å². The second-order valence-corrected chi connectivity index (χ2v) is 7.95. The van der Waals surface area contributed by atoms with Gasteiger partial charge in [0.15, 0.2) is 9.84 Å². The first-order valence-corrected chi connectivity index (χ1v) is 8.53. The second-order valence-electron chi connectivity index (χ2n) is 5.54. The minimum atomic E-state index is -3.47. The first-order chi connectivity index (χ1) is 9.81. The van der Waals surface area contributed by atoms with Crippen LogP contribution in [0.15, 0.2) is 24.3 Å². The predicted octanol–water partition coefficient (Wildman–Crippen LogP) is 1.61. The van der Waals surface area contributed by atoms with Gasteiger partial charge in [-0.2, -0.15) is 0 Å². The van der Waals surface area contributed by atoms with E-state index in [4.69, 9.17) is 4.74 Å². The predicted molar refractivity (Wildman–Crippen MR) is 79.1 cm³/mol. The van der Waals surface area contributed by atoms with Crippen molar-refractivity contribution in [2.24, 2.45) is 5.41 Å². The van der Waals surface area contributed by atoms with Crippen LogP contribution in [-0.2, 0) is 19.4 Å². The molecule has 1 aromatic carbocycles. The largest absolute Gasteiger partial charge is 0.481 e. The van der Waals surface area contributed by atoms with Crippen molar-refractivity contribution in [3.63, 3.8) is 0 Å². The fourth-order valence-electron chi connectivity index (χ4n) is 3.09. The van der Waals surface area contributed by atoms with Crippen LogP contribution in [0.2, 0.25) is 0 Å². The van der Waals surface area contributed by atoms with Gasteiger partial charge >= 0.3 is 5.97 Å². The van der Waals surface area contributed by atoms with E-state index in [0.717, 1.165) is 11.1 Å². The van der Waals surface area contributed by atoms with E-state index in [2.05, 4.69) is 0 Å². The Bertz CT molecular complexity index is 635. The summed E-state index contributed by atoms with van der Waals surface area (Å²) in [7, 11) is -2.07. The standard InChI is InChI=1S/C15H20O5S/c1-4-21(18,19)13-12(11-7-5-10(2)6-8-11)15(13,9-20-3)14(16)17/h5-8,12-13H,4,9H2,1-3H3,(H,16,17)/t12-,13-,15+/m1/s1. The monoisotopic (exact) mass is 312 g/mol. The number of sulfone groups is 1. The van der Waals surface area contributed by atoms with Gasteiger partial charge in [-0.1, -0.05) is 36.8 Å². The molecule has 0 aliphatic heterocycles. The van der Waals surface area contributed by atoms with Crippen LogP contribution in [0.1, 0.15) is 24.0 Å². The fourth-order valence-corrected chi connectivity index (χ4v) is 5.14. The zero-order valence-corrected chi connectivity index (χ0v) is 13.2. The van der Waals surface area contributed by atoms with Crippen LogP contribution in [0.4, 0.5) is 0 Å². The summed E-state index contributed by atoms with van der Waals surface area (Å²) in [6.45, 7) is 3.36. The van der Waals surface area contributed by atoms with Crippen molar-refractivity contribution in [1.82, 2.24) is 0 Å². The van der Waals surface area contributed by atoms with E-state index in [9.17, 15) is 18.3 Å². The summed E-state index contributed by atoms with van der Waals surface area (Å²) in [6, 6.07) is 7.34. The number of carboxylic acid groups (broad SMARTS) is 1. The molecule has 116 valence electrons. The molecule has 0 bridgehead atoms. The van der Waals surface area contributed by atoms with E-state index in [-0.39, 0.29) is 12.4 Å². The van der Waals surface area contributed by atoms with E-state index in [1.165, 1.54) is 7.11 Å². The van der Waals surface area contributed by atoms with Gasteiger partial charge in [0.2, 0.25) is 0 Å². The molecule has 0 aromatic heterocycles. The van der Waals surface area contributed by atoms with E-state index < -0.39 is 32.4 Å². The SMILES string of the molecule is CCS(=O)(=O)[C@@H]1[C@@H](c2ccc(C)cc2)[C@]1(COC)C(=O)O. The summed E-state index contributed by atoms with van der Waals surface area (Å²) >= 11 is 0. The third-order valence-corrected chi connectivity index (χ3v) is 6.53. The number of aliphatic carboxylic acids is 1. The topological polar surface area (TPSA) is 80.7 Å². The minimum absolute atomic E-state index is 0.0707. The number of aryl methyl sites for hydroxylation is 1. The highest BCUT2D eigenvalue weighted by molar-refractivity contribution is 7.92. The van der Waals surface area contributed by atoms with Crippen LogP contribution in [0.3, 0.4) is 0 Å². The van der Waals surface area contributed by atoms with Crippen molar-refractivity contribution in [2.75, 3.05) is 19.5 Å².